The second kappa shape index (κ2) is 5.99. The molecule has 0 aliphatic heterocycles. The molecule has 1 nitrogen and oxygen atoms in total. The van der Waals surface area contributed by atoms with Gasteiger partial charge in [-0.25, -0.2) is 0 Å². The van der Waals surface area contributed by atoms with Crippen molar-refractivity contribution in [3.05, 3.63) is 11.6 Å². The number of rotatable bonds is 5. The Kier molecular flexibility index (Phi) is 5.69. The third-order valence-corrected chi connectivity index (χ3v) is 2.35. The van der Waals surface area contributed by atoms with Gasteiger partial charge in [0.25, 0.3) is 0 Å². The average Bonchev–Trinajstić information content (AvgIpc) is 2.12. The summed E-state index contributed by atoms with van der Waals surface area (Å²) in [5.41, 5.74) is 1.26. The van der Waals surface area contributed by atoms with Crippen molar-refractivity contribution >= 4 is 5.78 Å². The molecule has 0 spiro atoms. The van der Waals surface area contributed by atoms with Crippen LogP contribution in [0.25, 0.3) is 0 Å². The molecule has 0 aliphatic rings. The van der Waals surface area contributed by atoms with Crippen LogP contribution in [0.1, 0.15) is 47.0 Å². The number of ketones is 1. The third kappa shape index (κ3) is 3.70. The number of carbonyl (C=O) groups is 1. The van der Waals surface area contributed by atoms with Crippen molar-refractivity contribution < 1.29 is 4.79 Å². The summed E-state index contributed by atoms with van der Waals surface area (Å²) >= 11 is 0. The zero-order valence-electron chi connectivity index (χ0n) is 8.68. The predicted molar refractivity (Wildman–Crippen MR) is 53.1 cm³/mol. The fraction of sp³-hybridized carbons (Fsp3) is 0.727. The molecule has 0 aromatic carbocycles. The molecule has 1 heteroatoms. The van der Waals surface area contributed by atoms with Crippen LogP contribution in [0.15, 0.2) is 11.6 Å². The summed E-state index contributed by atoms with van der Waals surface area (Å²) in [6.45, 7) is 8.23. The Balaban J connectivity index is 4.20. The van der Waals surface area contributed by atoms with Crippen LogP contribution >= 0.6 is 0 Å². The van der Waals surface area contributed by atoms with Crippen LogP contribution in [0.5, 0.6) is 0 Å². The molecule has 0 saturated heterocycles. The highest BCUT2D eigenvalue weighted by Crippen LogP contribution is 2.10. The van der Waals surface area contributed by atoms with Gasteiger partial charge in [0.15, 0.2) is 5.78 Å². The lowest BCUT2D eigenvalue weighted by Crippen LogP contribution is -2.06. The summed E-state index contributed by atoms with van der Waals surface area (Å²) < 4.78 is 0. The Morgan fingerprint density at radius 1 is 1.25 bits per heavy atom. The van der Waals surface area contributed by atoms with E-state index in [4.69, 9.17) is 0 Å². The topological polar surface area (TPSA) is 17.1 Å². The van der Waals surface area contributed by atoms with Crippen molar-refractivity contribution in [2.45, 2.75) is 47.0 Å². The van der Waals surface area contributed by atoms with E-state index in [1.54, 1.807) is 0 Å². The Hall–Kier alpha value is -0.590. The molecule has 1 atom stereocenters. The Morgan fingerprint density at radius 3 is 2.08 bits per heavy atom. The molecule has 0 rings (SSSR count). The van der Waals surface area contributed by atoms with Gasteiger partial charge in [0.2, 0.25) is 0 Å². The molecule has 0 N–H and O–H groups in total. The molecule has 12 heavy (non-hydrogen) atoms. The second-order valence-corrected chi connectivity index (χ2v) is 3.22. The molecule has 0 radical (unpaired) electrons. The summed E-state index contributed by atoms with van der Waals surface area (Å²) in [5, 5.41) is 0. The molecular formula is C11H20O. The van der Waals surface area contributed by atoms with Gasteiger partial charge in [0.1, 0.15) is 0 Å². The van der Waals surface area contributed by atoms with Gasteiger partial charge in [-0.05, 0) is 25.3 Å². The highest BCUT2D eigenvalue weighted by molar-refractivity contribution is 5.92. The van der Waals surface area contributed by atoms with Gasteiger partial charge >= 0.3 is 0 Å². The van der Waals surface area contributed by atoms with Crippen LogP contribution in [0.2, 0.25) is 0 Å². The molecule has 0 aromatic rings. The first-order chi connectivity index (χ1) is 5.65. The Bertz CT molecular complexity index is 162. The van der Waals surface area contributed by atoms with Crippen molar-refractivity contribution in [1.29, 1.82) is 0 Å². The molecule has 0 bridgehead atoms. The first-order valence-electron chi connectivity index (χ1n) is 4.88. The van der Waals surface area contributed by atoms with Crippen LogP contribution in [0.4, 0.5) is 0 Å². The quantitative estimate of drug-likeness (QED) is 0.575. The maximum Gasteiger partial charge on any atom is 0.158 e. The molecule has 0 saturated carbocycles. The van der Waals surface area contributed by atoms with Gasteiger partial charge in [0.05, 0.1) is 0 Å². The smallest absolute Gasteiger partial charge is 0.158 e. The van der Waals surface area contributed by atoms with Gasteiger partial charge in [-0.15, -0.1) is 0 Å². The van der Waals surface area contributed by atoms with Gasteiger partial charge in [-0.2, -0.15) is 0 Å². The van der Waals surface area contributed by atoms with Crippen LogP contribution in [0, 0.1) is 5.92 Å². The van der Waals surface area contributed by atoms with E-state index in [9.17, 15) is 4.79 Å². The Labute approximate surface area is 75.9 Å². The van der Waals surface area contributed by atoms with Gasteiger partial charge in [-0.3, -0.25) is 4.79 Å². The number of hydrogen-bond donors (Lipinski definition) is 0. The zero-order chi connectivity index (χ0) is 9.56. The van der Waals surface area contributed by atoms with Gasteiger partial charge in [-0.1, -0.05) is 33.3 Å². The lowest BCUT2D eigenvalue weighted by atomic mass is 10.00. The van der Waals surface area contributed by atoms with Crippen molar-refractivity contribution in [2.75, 3.05) is 0 Å². The van der Waals surface area contributed by atoms with E-state index >= 15 is 0 Å². The largest absolute Gasteiger partial charge is 0.295 e. The molecule has 0 aliphatic carbocycles. The monoisotopic (exact) mass is 168 g/mol. The third-order valence-electron chi connectivity index (χ3n) is 2.35. The number of allylic oxidation sites excluding steroid dienone is 2. The first-order valence-corrected chi connectivity index (χ1v) is 4.88. The maximum atomic E-state index is 11.4. The van der Waals surface area contributed by atoms with E-state index in [1.165, 1.54) is 5.57 Å². The van der Waals surface area contributed by atoms with Crippen molar-refractivity contribution in [1.82, 2.24) is 0 Å². The lowest BCUT2D eigenvalue weighted by Gasteiger charge is -2.04. The predicted octanol–water partition coefficient (Wildman–Crippen LogP) is 3.35. The first kappa shape index (κ1) is 11.4. The maximum absolute atomic E-state index is 11.4. The summed E-state index contributed by atoms with van der Waals surface area (Å²) in [6, 6.07) is 0. The van der Waals surface area contributed by atoms with E-state index in [-0.39, 0.29) is 11.7 Å². The highest BCUT2D eigenvalue weighted by Gasteiger charge is 2.07. The minimum absolute atomic E-state index is 0.193. The van der Waals surface area contributed by atoms with E-state index < -0.39 is 0 Å². The minimum atomic E-state index is 0.193. The lowest BCUT2D eigenvalue weighted by molar-refractivity contribution is -0.117. The normalized spacial score (nSPS) is 12.3. The summed E-state index contributed by atoms with van der Waals surface area (Å²) in [5.74, 6) is 0.481. The second-order valence-electron chi connectivity index (χ2n) is 3.22. The van der Waals surface area contributed by atoms with Crippen LogP contribution in [0.3, 0.4) is 0 Å². The van der Waals surface area contributed by atoms with Gasteiger partial charge in [0, 0.05) is 5.92 Å². The van der Waals surface area contributed by atoms with Crippen molar-refractivity contribution in [3.8, 4) is 0 Å². The van der Waals surface area contributed by atoms with Crippen LogP contribution in [-0.4, -0.2) is 5.78 Å². The summed E-state index contributed by atoms with van der Waals surface area (Å²) in [7, 11) is 0. The van der Waals surface area contributed by atoms with Crippen molar-refractivity contribution in [2.24, 2.45) is 5.92 Å². The molecule has 70 valence electrons. The average molecular weight is 168 g/mol. The fourth-order valence-corrected chi connectivity index (χ4v) is 0.999. The molecule has 0 heterocycles. The van der Waals surface area contributed by atoms with E-state index in [1.807, 2.05) is 19.9 Å². The number of carbonyl (C=O) groups excluding carboxylic acids is 1. The minimum Gasteiger partial charge on any atom is -0.295 e. The van der Waals surface area contributed by atoms with Crippen molar-refractivity contribution in [3.63, 3.8) is 0 Å². The number of hydrogen-bond acceptors (Lipinski definition) is 1. The van der Waals surface area contributed by atoms with E-state index in [0.29, 0.717) is 0 Å². The van der Waals surface area contributed by atoms with Crippen LogP contribution < -0.4 is 0 Å². The summed E-state index contributed by atoms with van der Waals surface area (Å²) in [4.78, 5) is 11.4. The van der Waals surface area contributed by atoms with E-state index in [2.05, 4.69) is 13.8 Å². The molecule has 0 amide bonds. The SMILES string of the molecule is CCC(=CC(=O)C(C)CC)CC. The van der Waals surface area contributed by atoms with Gasteiger partial charge < -0.3 is 0 Å². The summed E-state index contributed by atoms with van der Waals surface area (Å²) in [6.07, 6.45) is 4.77. The fourth-order valence-electron chi connectivity index (χ4n) is 0.999. The van der Waals surface area contributed by atoms with E-state index in [0.717, 1.165) is 19.3 Å². The van der Waals surface area contributed by atoms with Crippen LogP contribution in [-0.2, 0) is 4.79 Å². The molecule has 0 fully saturated rings. The molecule has 0 aromatic heterocycles. The highest BCUT2D eigenvalue weighted by atomic mass is 16.1. The Morgan fingerprint density at radius 2 is 1.75 bits per heavy atom. The zero-order valence-corrected chi connectivity index (χ0v) is 8.68. The molecule has 1 unspecified atom stereocenters. The standard InChI is InChI=1S/C11H20O/c1-5-9(4)11(12)8-10(6-2)7-3/h8-9H,5-7H2,1-4H3. The molecular weight excluding hydrogens is 148 g/mol.